The number of pyridine rings is 1. The topological polar surface area (TPSA) is 149 Å². The number of carbonyl (C=O) groups excluding carboxylic acids is 3. The van der Waals surface area contributed by atoms with Gasteiger partial charge in [0.15, 0.2) is 5.82 Å². The maximum Gasteiger partial charge on any atom is 0.350 e. The Morgan fingerprint density at radius 3 is 2.28 bits per heavy atom. The molecule has 13 nitrogen and oxygen atoms in total. The summed E-state index contributed by atoms with van der Waals surface area (Å²) in [7, 11) is 3.33. The number of fused-ring (bicyclic) bond motifs is 1. The van der Waals surface area contributed by atoms with E-state index in [2.05, 4.69) is 25.8 Å². The SMILES string of the molecule is Cc1cc2c(c(C(=O)Nc3cccc(C(=O)Nc4ccn(C)n4)c3)n1)CN(c1ccc(-n3c(C)nn(C)c3=O)cc1)C2=O. The number of nitrogens with zero attached hydrogens (tertiary/aromatic N) is 7. The summed E-state index contributed by atoms with van der Waals surface area (Å²) in [5, 5.41) is 13.8. The fraction of sp³-hybridized carbons (Fsp3) is 0.167. The smallest absolute Gasteiger partial charge is 0.321 e. The van der Waals surface area contributed by atoms with Gasteiger partial charge in [0.1, 0.15) is 11.5 Å². The Morgan fingerprint density at radius 1 is 0.860 bits per heavy atom. The number of rotatable bonds is 6. The van der Waals surface area contributed by atoms with Crippen molar-refractivity contribution in [2.45, 2.75) is 20.4 Å². The van der Waals surface area contributed by atoms with E-state index in [1.54, 1.807) is 104 Å². The lowest BCUT2D eigenvalue weighted by Gasteiger charge is -2.16. The van der Waals surface area contributed by atoms with E-state index in [-0.39, 0.29) is 29.7 Å². The molecular weight excluding hydrogens is 550 g/mol. The van der Waals surface area contributed by atoms with Gasteiger partial charge < -0.3 is 15.5 Å². The van der Waals surface area contributed by atoms with Crippen molar-refractivity contribution in [2.75, 3.05) is 15.5 Å². The zero-order chi connectivity index (χ0) is 30.4. The third-order valence-electron chi connectivity index (χ3n) is 7.10. The third-order valence-corrected chi connectivity index (χ3v) is 7.10. The van der Waals surface area contributed by atoms with Crippen LogP contribution in [0.1, 0.15) is 48.3 Å². The average Bonchev–Trinajstić information content (AvgIpc) is 3.62. The number of nitrogens with one attached hydrogen (secondary N) is 2. The molecule has 1 aliphatic heterocycles. The molecule has 0 bridgehead atoms. The Bertz CT molecular complexity index is 1990. The van der Waals surface area contributed by atoms with Crippen molar-refractivity contribution in [3.8, 4) is 5.69 Å². The van der Waals surface area contributed by atoms with Crippen molar-refractivity contribution in [2.24, 2.45) is 14.1 Å². The molecule has 43 heavy (non-hydrogen) atoms. The molecule has 0 spiro atoms. The highest BCUT2D eigenvalue weighted by molar-refractivity contribution is 6.14. The summed E-state index contributed by atoms with van der Waals surface area (Å²) in [5.41, 5.74) is 3.23. The number of hydrogen-bond donors (Lipinski definition) is 2. The van der Waals surface area contributed by atoms with Crippen molar-refractivity contribution in [3.05, 3.63) is 111 Å². The standard InChI is InChI=1S/C30H27N9O4/c1-17-14-23-24(16-38(29(23)42)21-8-10-22(11-9-21)39-18(2)34-37(4)30(39)43)26(31-17)28(41)32-20-7-5-6-19(15-20)27(40)33-25-12-13-36(3)35-25/h5-15H,16H2,1-4H3,(H,32,41)(H,33,35,40). The predicted molar refractivity (Wildman–Crippen MR) is 159 cm³/mol. The fourth-order valence-corrected chi connectivity index (χ4v) is 5.09. The van der Waals surface area contributed by atoms with Gasteiger partial charge in [-0.25, -0.2) is 19.0 Å². The van der Waals surface area contributed by atoms with Gasteiger partial charge in [-0.1, -0.05) is 6.07 Å². The second-order valence-corrected chi connectivity index (χ2v) is 10.2. The summed E-state index contributed by atoms with van der Waals surface area (Å²) in [5.74, 6) is -0.183. The van der Waals surface area contributed by atoms with Crippen LogP contribution in [0, 0.1) is 13.8 Å². The van der Waals surface area contributed by atoms with Crippen molar-refractivity contribution in [3.63, 3.8) is 0 Å². The lowest BCUT2D eigenvalue weighted by molar-refractivity contribution is 0.0994. The molecule has 1 aliphatic rings. The first-order valence-corrected chi connectivity index (χ1v) is 13.4. The van der Waals surface area contributed by atoms with Crippen molar-refractivity contribution in [1.29, 1.82) is 0 Å². The molecule has 0 aliphatic carbocycles. The molecule has 0 saturated heterocycles. The van der Waals surface area contributed by atoms with Gasteiger partial charge in [0.2, 0.25) is 0 Å². The summed E-state index contributed by atoms with van der Waals surface area (Å²) in [4.78, 5) is 58.1. The maximum atomic E-state index is 13.5. The molecule has 4 heterocycles. The first-order valence-electron chi connectivity index (χ1n) is 13.4. The van der Waals surface area contributed by atoms with Gasteiger partial charge in [-0.2, -0.15) is 10.2 Å². The van der Waals surface area contributed by atoms with Crippen molar-refractivity contribution < 1.29 is 14.4 Å². The van der Waals surface area contributed by atoms with Gasteiger partial charge in [0, 0.05) is 60.1 Å². The van der Waals surface area contributed by atoms with Crippen LogP contribution in [-0.2, 0) is 20.6 Å². The summed E-state index contributed by atoms with van der Waals surface area (Å²) >= 11 is 0. The van der Waals surface area contributed by atoms with Gasteiger partial charge in [-0.05, 0) is 62.4 Å². The minimum atomic E-state index is -0.501. The summed E-state index contributed by atoms with van der Waals surface area (Å²) in [6.07, 6.45) is 1.71. The zero-order valence-electron chi connectivity index (χ0n) is 23.8. The molecule has 0 unspecified atom stereocenters. The highest BCUT2D eigenvalue weighted by Gasteiger charge is 2.33. The Labute approximate surface area is 245 Å². The first-order chi connectivity index (χ1) is 20.6. The van der Waals surface area contributed by atoms with Gasteiger partial charge in [-0.15, -0.1) is 0 Å². The monoisotopic (exact) mass is 577 g/mol. The van der Waals surface area contributed by atoms with Crippen LogP contribution in [-0.4, -0.2) is 46.8 Å². The lowest BCUT2D eigenvalue weighted by atomic mass is 10.1. The van der Waals surface area contributed by atoms with Crippen LogP contribution < -0.4 is 21.2 Å². The number of aromatic nitrogens is 6. The van der Waals surface area contributed by atoms with E-state index in [4.69, 9.17) is 0 Å². The second-order valence-electron chi connectivity index (χ2n) is 10.2. The largest absolute Gasteiger partial charge is 0.350 e. The van der Waals surface area contributed by atoms with E-state index >= 15 is 0 Å². The van der Waals surface area contributed by atoms with Crippen LogP contribution in [0.2, 0.25) is 0 Å². The minimum absolute atomic E-state index is 0.128. The van der Waals surface area contributed by atoms with Crippen LogP contribution in [0.4, 0.5) is 17.2 Å². The van der Waals surface area contributed by atoms with Crippen molar-refractivity contribution in [1.82, 2.24) is 29.1 Å². The number of carbonyl (C=O) groups is 3. The molecule has 2 aromatic carbocycles. The number of benzene rings is 2. The molecule has 0 saturated carbocycles. The molecular formula is C30H27N9O4. The lowest BCUT2D eigenvalue weighted by Crippen LogP contribution is -2.24. The van der Waals surface area contributed by atoms with E-state index in [1.165, 1.54) is 9.25 Å². The van der Waals surface area contributed by atoms with E-state index in [9.17, 15) is 19.2 Å². The van der Waals surface area contributed by atoms with Crippen LogP contribution in [0.5, 0.6) is 0 Å². The highest BCUT2D eigenvalue weighted by Crippen LogP contribution is 2.31. The van der Waals surface area contributed by atoms with Gasteiger partial charge in [0.25, 0.3) is 17.7 Å². The van der Waals surface area contributed by atoms with Crippen LogP contribution in [0.15, 0.2) is 71.7 Å². The quantitative estimate of drug-likeness (QED) is 0.315. The molecule has 0 fully saturated rings. The molecule has 3 aromatic heterocycles. The van der Waals surface area contributed by atoms with E-state index in [0.717, 1.165) is 0 Å². The number of hydrogen-bond acceptors (Lipinski definition) is 7. The number of amides is 3. The Morgan fingerprint density at radius 2 is 1.60 bits per heavy atom. The summed E-state index contributed by atoms with van der Waals surface area (Å²) in [6.45, 7) is 3.60. The normalized spacial score (nSPS) is 12.4. The molecule has 13 heteroatoms. The molecule has 2 N–H and O–H groups in total. The Hall–Kier alpha value is -5.85. The Balaban J connectivity index is 1.23. The minimum Gasteiger partial charge on any atom is -0.321 e. The number of anilines is 3. The number of aryl methyl sites for hydroxylation is 4. The van der Waals surface area contributed by atoms with Gasteiger partial charge in [0.05, 0.1) is 12.2 Å². The fourth-order valence-electron chi connectivity index (χ4n) is 5.09. The summed E-state index contributed by atoms with van der Waals surface area (Å²) in [6, 6.07) is 16.8. The maximum absolute atomic E-state index is 13.5. The van der Waals surface area contributed by atoms with E-state index in [0.29, 0.717) is 51.1 Å². The van der Waals surface area contributed by atoms with Crippen molar-refractivity contribution >= 4 is 34.9 Å². The highest BCUT2D eigenvalue weighted by atomic mass is 16.2. The summed E-state index contributed by atoms with van der Waals surface area (Å²) < 4.78 is 4.32. The molecule has 6 rings (SSSR count). The van der Waals surface area contributed by atoms with Crippen LogP contribution in [0.3, 0.4) is 0 Å². The second kappa shape index (κ2) is 10.5. The average molecular weight is 578 g/mol. The van der Waals surface area contributed by atoms with Crippen LogP contribution >= 0.6 is 0 Å². The molecule has 3 amide bonds. The van der Waals surface area contributed by atoms with Crippen LogP contribution in [0.25, 0.3) is 5.69 Å². The predicted octanol–water partition coefficient (Wildman–Crippen LogP) is 2.98. The molecule has 0 radical (unpaired) electrons. The Kier molecular flexibility index (Phi) is 6.69. The van der Waals surface area contributed by atoms with Gasteiger partial charge >= 0.3 is 5.69 Å². The van der Waals surface area contributed by atoms with E-state index in [1.807, 2.05) is 0 Å². The molecule has 0 atom stereocenters. The molecule has 5 aromatic rings. The molecule has 216 valence electrons. The third kappa shape index (κ3) is 5.07. The zero-order valence-corrected chi connectivity index (χ0v) is 23.8. The van der Waals surface area contributed by atoms with Gasteiger partial charge in [-0.3, -0.25) is 19.1 Å². The van der Waals surface area contributed by atoms with E-state index < -0.39 is 5.91 Å². The first kappa shape index (κ1) is 27.3.